The zero-order valence-corrected chi connectivity index (χ0v) is 73.1. The number of aromatic nitrogens is 4. The maximum absolute atomic E-state index is 12.0. The number of phenols is 5. The van der Waals surface area contributed by atoms with Crippen molar-refractivity contribution in [3.63, 3.8) is 0 Å². The molecular formula is C104H105N11O16. The van der Waals surface area contributed by atoms with Gasteiger partial charge in [0.05, 0.1) is 53.1 Å². The molecule has 10 aliphatic heterocycles. The van der Waals surface area contributed by atoms with Crippen molar-refractivity contribution in [2.45, 2.75) is 99.1 Å². The fourth-order valence-corrected chi connectivity index (χ4v) is 18.7. The van der Waals surface area contributed by atoms with E-state index in [-0.39, 0.29) is 68.6 Å². The first-order valence-electron chi connectivity index (χ1n) is 44.4. The SMILES string of the molecule is CCNC(=O)c1ccc(C2=CC3(CCNCC3)Oc3cccc(O)c32)cc1.COC(=O)c1ccc(C2=CC3(CCNCC3)Oc3cccc(O)c32)cc1.Cn1nnc(-c2ccc(C3=CC4(CCNCC4)Oc4cccc(O)c43)cc2)n1.NC(=O)c1ccc(C2=CC3(CCNCC3)Oc3cccc(O)c32)cc1.O=C(O)c1ccc(C2=CC3(CCNCC3)Oc3cccc(O)c32)cc1. The quantitative estimate of drug-likeness (QED) is 0.0535. The Bertz CT molecular complexity index is 6110. The number of methoxy groups -OCH3 is 1. The van der Waals surface area contributed by atoms with Gasteiger partial charge in [0, 0.05) is 87.4 Å². The van der Waals surface area contributed by atoms with E-state index in [1.807, 2.05) is 122 Å². The molecule has 27 nitrogen and oxygen atoms in total. The van der Waals surface area contributed by atoms with Crippen LogP contribution in [-0.2, 0) is 11.8 Å². The van der Waals surface area contributed by atoms with Gasteiger partial charge in [-0.3, -0.25) is 9.59 Å². The molecule has 0 aliphatic carbocycles. The standard InChI is InChI=1S/C22H24N2O3.C21H21N5O2.C21H21NO4.C20H20N2O3.C20H19NO4/c1-2-24-21(26)16-8-6-15(7-9-16)17-14-22(10-12-23-13-11-22)27-19-5-3-4-18(25)20(17)19;1-26-24-20(23-25-26)15-7-5-14(6-8-15)16-13-21(9-11-22-12-10-21)28-18-4-2-3-17(27)19(16)18;1-25-20(24)15-7-5-14(6-8-15)16-13-21(9-11-22-12-10-21)26-18-4-2-3-17(23)19(16)18;21-19(24)14-6-4-13(5-7-14)15-12-20(8-10-22-11-9-20)25-17-3-1-2-16(23)18(15)17;22-16-2-1-3-17-18(16)15(12-20(25-17)8-10-21-11-9-20)13-4-6-14(7-5-13)19(23)24/h3-9,14,23,25H,2,10-13H2,1H3,(H,24,26);2-8,13,22,27H,9-12H2,1H3;2-8,13,22-23H,9-12H2,1H3;1-7,12,22-23H,8-11H2,(H2,21,24);1-7,12,21-22H,8-11H2,(H,23,24). The molecule has 27 heteroatoms. The minimum atomic E-state index is -0.953. The molecule has 21 rings (SSSR count). The highest BCUT2D eigenvalue weighted by atomic mass is 16.5. The third-order valence-electron chi connectivity index (χ3n) is 25.5. The molecule has 11 aromatic rings. The minimum Gasteiger partial charge on any atom is -0.507 e. The molecule has 14 N–H and O–H groups in total. The van der Waals surface area contributed by atoms with Crippen molar-refractivity contribution < 1.29 is 78.2 Å². The average molecular weight is 1770 g/mol. The van der Waals surface area contributed by atoms with Crippen LogP contribution in [0.2, 0.25) is 0 Å². The number of fused-ring (bicyclic) bond motifs is 5. The number of hydrogen-bond donors (Lipinski definition) is 13. The molecule has 131 heavy (non-hydrogen) atoms. The number of nitrogens with two attached hydrogens (primary N) is 1. The zero-order valence-electron chi connectivity index (χ0n) is 73.1. The first-order chi connectivity index (χ1) is 63.5. The van der Waals surface area contributed by atoms with E-state index in [1.54, 1.807) is 104 Å². The lowest BCUT2D eigenvalue weighted by Crippen LogP contribution is -2.46. The van der Waals surface area contributed by atoms with Crippen LogP contribution in [0.15, 0.2) is 243 Å². The van der Waals surface area contributed by atoms with E-state index in [2.05, 4.69) is 77.7 Å². The van der Waals surface area contributed by atoms with Crippen LogP contribution in [0.1, 0.15) is 168 Å². The van der Waals surface area contributed by atoms with Crippen LogP contribution in [0.3, 0.4) is 0 Å². The molecule has 5 fully saturated rings. The van der Waals surface area contributed by atoms with Crippen molar-refractivity contribution in [1.82, 2.24) is 52.1 Å². The van der Waals surface area contributed by atoms with Crippen LogP contribution in [0.4, 0.5) is 0 Å². The molecule has 0 radical (unpaired) electrons. The van der Waals surface area contributed by atoms with Gasteiger partial charge in [-0.2, -0.15) is 4.80 Å². The number of aryl methyl sites for hydroxylation is 1. The Morgan fingerprint density at radius 3 is 0.870 bits per heavy atom. The summed E-state index contributed by atoms with van der Waals surface area (Å²) in [5, 5.41) is 93.2. The van der Waals surface area contributed by atoms with Gasteiger partial charge >= 0.3 is 11.9 Å². The molecule has 0 atom stereocenters. The maximum atomic E-state index is 12.0. The highest BCUT2D eigenvalue weighted by molar-refractivity contribution is 5.98. The smallest absolute Gasteiger partial charge is 0.337 e. The second-order valence-corrected chi connectivity index (χ2v) is 34.1. The van der Waals surface area contributed by atoms with Gasteiger partial charge in [0.1, 0.15) is 85.5 Å². The summed E-state index contributed by atoms with van der Waals surface area (Å²) in [5.74, 6) is 3.21. The summed E-state index contributed by atoms with van der Waals surface area (Å²) in [7, 11) is 3.11. The fourth-order valence-electron chi connectivity index (χ4n) is 18.7. The number of nitrogens with zero attached hydrogens (tertiary/aromatic N) is 4. The Hall–Kier alpha value is -14.4. The second kappa shape index (κ2) is 38.1. The number of aromatic carboxylic acids is 1. The van der Waals surface area contributed by atoms with E-state index >= 15 is 0 Å². The van der Waals surface area contributed by atoms with Gasteiger partial charge in [-0.05, 0) is 273 Å². The molecule has 0 saturated carbocycles. The number of esters is 1. The van der Waals surface area contributed by atoms with Crippen LogP contribution < -0.4 is 61.3 Å². The Morgan fingerprint density at radius 1 is 0.374 bits per heavy atom. The van der Waals surface area contributed by atoms with Crippen molar-refractivity contribution in [1.29, 1.82) is 0 Å². The van der Waals surface area contributed by atoms with Gasteiger partial charge in [0.15, 0.2) is 0 Å². The molecule has 0 unspecified atom stereocenters. The summed E-state index contributed by atoms with van der Waals surface area (Å²) in [6.07, 6.45) is 19.4. The number of carboxylic acid groups (broad SMARTS) is 1. The lowest BCUT2D eigenvalue weighted by molar-refractivity contribution is 0.0599. The van der Waals surface area contributed by atoms with Gasteiger partial charge in [0.2, 0.25) is 11.7 Å². The average Bonchev–Trinajstić information content (AvgIpc) is 1.26. The number of carboxylic acids is 1. The normalized spacial score (nSPS) is 17.9. The number of ether oxygens (including phenoxy) is 6. The molecule has 672 valence electrons. The van der Waals surface area contributed by atoms with Gasteiger partial charge in [-0.15, -0.1) is 10.2 Å². The summed E-state index contributed by atoms with van der Waals surface area (Å²) in [5.41, 5.74) is 19.2. The number of aromatic hydroxyl groups is 5. The van der Waals surface area contributed by atoms with Crippen molar-refractivity contribution in [2.24, 2.45) is 12.8 Å². The number of benzene rings is 10. The number of rotatable bonds is 11. The highest BCUT2D eigenvalue weighted by Gasteiger charge is 2.44. The number of tetrazole rings is 1. The number of carbonyl (C=O) groups excluding carboxylic acids is 3. The van der Waals surface area contributed by atoms with E-state index in [0.717, 1.165) is 202 Å². The summed E-state index contributed by atoms with van der Waals surface area (Å²) in [4.78, 5) is 47.6. The topological polar surface area (TPSA) is 387 Å². The Labute approximate surface area is 758 Å². The monoisotopic (exact) mass is 1760 g/mol. The molecular weight excluding hydrogens is 1660 g/mol. The summed E-state index contributed by atoms with van der Waals surface area (Å²) >= 11 is 0. The zero-order chi connectivity index (χ0) is 91.0. The van der Waals surface area contributed by atoms with Crippen LogP contribution >= 0.6 is 0 Å². The van der Waals surface area contributed by atoms with Crippen molar-refractivity contribution >= 4 is 51.6 Å². The molecule has 11 heterocycles. The number of primary amides is 1. The predicted molar refractivity (Wildman–Crippen MR) is 498 cm³/mol. The third kappa shape index (κ3) is 19.1. The Balaban J connectivity index is 0.000000115. The van der Waals surface area contributed by atoms with Gasteiger partial charge in [-0.1, -0.05) is 103 Å². The van der Waals surface area contributed by atoms with Crippen molar-refractivity contribution in [3.05, 3.63) is 321 Å². The van der Waals surface area contributed by atoms with Crippen LogP contribution in [0, 0.1) is 0 Å². The number of hydrogen-bond acceptors (Lipinski definition) is 23. The molecule has 10 aliphatic rings. The minimum absolute atomic E-state index is 0.0805. The van der Waals surface area contributed by atoms with Gasteiger partial charge < -0.3 is 96.7 Å². The summed E-state index contributed by atoms with van der Waals surface area (Å²) in [6.45, 7) is 11.4. The first kappa shape index (κ1) is 88.7. The number of amides is 2. The van der Waals surface area contributed by atoms with E-state index < -0.39 is 17.5 Å². The second-order valence-electron chi connectivity index (χ2n) is 34.1. The lowest BCUT2D eigenvalue weighted by Gasteiger charge is -2.40. The molecule has 5 saturated heterocycles. The highest BCUT2D eigenvalue weighted by Crippen LogP contribution is 2.53. The summed E-state index contributed by atoms with van der Waals surface area (Å²) < 4.78 is 36.4. The lowest BCUT2D eigenvalue weighted by atomic mass is 9.83. The van der Waals surface area contributed by atoms with Crippen LogP contribution in [0.5, 0.6) is 57.5 Å². The number of phenolic OH excluding ortho intramolecular Hbond substituents is 5. The predicted octanol–water partition coefficient (Wildman–Crippen LogP) is 14.2. The van der Waals surface area contributed by atoms with Crippen LogP contribution in [0.25, 0.3) is 39.3 Å². The fraction of sp³-hybridized carbons (Fsp3) is 0.279. The summed E-state index contributed by atoms with van der Waals surface area (Å²) in [6, 6.07) is 63.6. The first-order valence-corrected chi connectivity index (χ1v) is 44.4. The molecule has 1 aromatic heterocycles. The molecule has 10 aromatic carbocycles. The Morgan fingerprint density at radius 2 is 0.626 bits per heavy atom. The largest absolute Gasteiger partial charge is 0.507 e. The third-order valence-corrected chi connectivity index (χ3v) is 25.5. The number of piperidine rings is 5. The Kier molecular flexibility index (Phi) is 25.8. The van der Waals surface area contributed by atoms with Crippen molar-refractivity contribution in [3.8, 4) is 68.9 Å². The van der Waals surface area contributed by atoms with Crippen LogP contribution in [-0.4, -0.2) is 182 Å². The molecule has 0 bridgehead atoms. The number of carbonyl (C=O) groups is 4. The number of nitrogens with one attached hydrogen (secondary N) is 6. The van der Waals surface area contributed by atoms with Gasteiger partial charge in [0.25, 0.3) is 5.91 Å². The maximum Gasteiger partial charge on any atom is 0.337 e. The molecule has 2 amide bonds. The van der Waals surface area contributed by atoms with E-state index in [9.17, 15) is 44.7 Å². The van der Waals surface area contributed by atoms with E-state index in [4.69, 9.17) is 39.3 Å². The van der Waals surface area contributed by atoms with Crippen molar-refractivity contribution in [2.75, 3.05) is 79.1 Å². The van der Waals surface area contributed by atoms with Gasteiger partial charge in [-0.25, -0.2) is 9.59 Å². The molecule has 5 spiro atoms. The van der Waals surface area contributed by atoms with E-state index in [1.165, 1.54) is 11.9 Å². The van der Waals surface area contributed by atoms with E-state index in [0.29, 0.717) is 74.3 Å².